The fourth-order valence-electron chi connectivity index (χ4n) is 3.02. The Hall–Kier alpha value is -1.57. The number of nitrogens with zero attached hydrogens (tertiary/aromatic N) is 1. The highest BCUT2D eigenvalue weighted by Gasteiger charge is 2.42. The number of nitrogens with one attached hydrogen (secondary N) is 2. The van der Waals surface area contributed by atoms with Crippen LogP contribution in [0.5, 0.6) is 0 Å². The molecule has 7 heteroatoms. The Bertz CT molecular complexity index is 526. The predicted octanol–water partition coefficient (Wildman–Crippen LogP) is 1.69. The van der Waals surface area contributed by atoms with Crippen molar-refractivity contribution in [2.75, 3.05) is 39.5 Å². The lowest BCUT2D eigenvalue weighted by atomic mass is 10.1. The maximum Gasteiger partial charge on any atom is 0.191 e. The zero-order valence-corrected chi connectivity index (χ0v) is 15.0. The largest absolute Gasteiger partial charge is 0.469 e. The Labute approximate surface area is 149 Å². The molecule has 1 aromatic heterocycles. The SMILES string of the molecule is CCCNC(=NCC1COC2(CCOCC2)O1)NCCc1ccco1. The van der Waals surface area contributed by atoms with Gasteiger partial charge in [0.05, 0.1) is 32.6 Å². The predicted molar refractivity (Wildman–Crippen MR) is 94.6 cm³/mol. The maximum atomic E-state index is 6.13. The van der Waals surface area contributed by atoms with E-state index in [1.165, 1.54) is 0 Å². The Morgan fingerprint density at radius 2 is 2.12 bits per heavy atom. The summed E-state index contributed by atoms with van der Waals surface area (Å²) in [5, 5.41) is 6.69. The minimum Gasteiger partial charge on any atom is -0.469 e. The third kappa shape index (κ3) is 5.45. The van der Waals surface area contributed by atoms with E-state index in [1.54, 1.807) is 6.26 Å². The molecule has 0 radical (unpaired) electrons. The monoisotopic (exact) mass is 351 g/mol. The topological polar surface area (TPSA) is 77.3 Å². The summed E-state index contributed by atoms with van der Waals surface area (Å²) < 4.78 is 22.8. The van der Waals surface area contributed by atoms with Gasteiger partial charge in [-0.25, -0.2) is 0 Å². The molecular formula is C18H29N3O4. The lowest BCUT2D eigenvalue weighted by molar-refractivity contribution is -0.210. The molecular weight excluding hydrogens is 322 g/mol. The molecule has 0 saturated carbocycles. The minimum absolute atomic E-state index is 0.00315. The third-order valence-corrected chi connectivity index (χ3v) is 4.41. The van der Waals surface area contributed by atoms with Gasteiger partial charge in [-0.2, -0.15) is 0 Å². The van der Waals surface area contributed by atoms with E-state index in [2.05, 4.69) is 22.5 Å². The fourth-order valence-corrected chi connectivity index (χ4v) is 3.02. The van der Waals surface area contributed by atoms with Gasteiger partial charge in [0.25, 0.3) is 0 Å². The zero-order valence-electron chi connectivity index (χ0n) is 15.0. The van der Waals surface area contributed by atoms with Crippen LogP contribution in [0.2, 0.25) is 0 Å². The second kappa shape index (κ2) is 9.22. The summed E-state index contributed by atoms with van der Waals surface area (Å²) in [6.45, 7) is 6.37. The fraction of sp³-hybridized carbons (Fsp3) is 0.722. The molecule has 2 aliphatic heterocycles. The first-order chi connectivity index (χ1) is 12.3. The lowest BCUT2D eigenvalue weighted by Gasteiger charge is -2.31. The Morgan fingerprint density at radius 3 is 2.88 bits per heavy atom. The Morgan fingerprint density at radius 1 is 1.28 bits per heavy atom. The van der Waals surface area contributed by atoms with Crippen LogP contribution in [0, 0.1) is 0 Å². The molecule has 1 atom stereocenters. The van der Waals surface area contributed by atoms with E-state index in [0.717, 1.165) is 50.5 Å². The highest BCUT2D eigenvalue weighted by Crippen LogP contribution is 2.33. The molecule has 2 fully saturated rings. The van der Waals surface area contributed by atoms with E-state index < -0.39 is 5.79 Å². The number of rotatable bonds is 7. The third-order valence-electron chi connectivity index (χ3n) is 4.41. The molecule has 2 aliphatic rings. The Kier molecular flexibility index (Phi) is 6.72. The highest BCUT2D eigenvalue weighted by molar-refractivity contribution is 5.79. The molecule has 0 amide bonds. The van der Waals surface area contributed by atoms with Gasteiger partial charge in [0.1, 0.15) is 11.9 Å². The molecule has 3 heterocycles. The second-order valence-electron chi connectivity index (χ2n) is 6.45. The normalized spacial score (nSPS) is 23.1. The first-order valence-electron chi connectivity index (χ1n) is 9.24. The van der Waals surface area contributed by atoms with Crippen LogP contribution in [0.15, 0.2) is 27.8 Å². The van der Waals surface area contributed by atoms with Crippen LogP contribution >= 0.6 is 0 Å². The van der Waals surface area contributed by atoms with Gasteiger partial charge in [-0.1, -0.05) is 6.92 Å². The second-order valence-corrected chi connectivity index (χ2v) is 6.45. The number of ether oxygens (including phenoxy) is 3. The van der Waals surface area contributed by atoms with Crippen molar-refractivity contribution in [1.29, 1.82) is 0 Å². The van der Waals surface area contributed by atoms with Gasteiger partial charge in [-0.05, 0) is 18.6 Å². The number of hydrogen-bond donors (Lipinski definition) is 2. The van der Waals surface area contributed by atoms with Crippen LogP contribution in [0.25, 0.3) is 0 Å². The van der Waals surface area contributed by atoms with E-state index in [0.29, 0.717) is 26.4 Å². The van der Waals surface area contributed by atoms with Crippen molar-refractivity contribution in [2.45, 2.75) is 44.5 Å². The van der Waals surface area contributed by atoms with E-state index in [1.807, 2.05) is 12.1 Å². The molecule has 1 unspecified atom stereocenters. The summed E-state index contributed by atoms with van der Waals surface area (Å²) in [4.78, 5) is 4.67. The maximum absolute atomic E-state index is 6.13. The van der Waals surface area contributed by atoms with Crippen molar-refractivity contribution in [3.05, 3.63) is 24.2 Å². The summed E-state index contributed by atoms with van der Waals surface area (Å²) in [5.41, 5.74) is 0. The quantitative estimate of drug-likeness (QED) is 0.575. The number of furan rings is 1. The molecule has 1 spiro atoms. The molecule has 3 rings (SSSR count). The summed E-state index contributed by atoms with van der Waals surface area (Å²) >= 11 is 0. The van der Waals surface area contributed by atoms with Crippen LogP contribution in [0.3, 0.4) is 0 Å². The van der Waals surface area contributed by atoms with Crippen molar-refractivity contribution in [3.8, 4) is 0 Å². The van der Waals surface area contributed by atoms with Crippen LogP contribution in [-0.4, -0.2) is 57.3 Å². The van der Waals surface area contributed by atoms with E-state index in [9.17, 15) is 0 Å². The zero-order chi connectivity index (χ0) is 17.4. The van der Waals surface area contributed by atoms with Crippen molar-refractivity contribution < 1.29 is 18.6 Å². The van der Waals surface area contributed by atoms with Crippen molar-refractivity contribution in [1.82, 2.24) is 10.6 Å². The Balaban J connectivity index is 1.46. The molecule has 2 saturated heterocycles. The standard InChI is InChI=1S/C18H29N3O4/c1-2-8-19-17(20-9-5-15-4-3-10-23-15)21-13-16-14-24-18(25-16)6-11-22-12-7-18/h3-4,10,16H,2,5-9,11-14H2,1H3,(H2,19,20,21). The van der Waals surface area contributed by atoms with Gasteiger partial charge < -0.3 is 29.3 Å². The molecule has 140 valence electrons. The molecule has 2 N–H and O–H groups in total. The van der Waals surface area contributed by atoms with E-state index in [-0.39, 0.29) is 6.10 Å². The highest BCUT2D eigenvalue weighted by atomic mass is 16.7. The molecule has 0 aromatic carbocycles. The molecule has 1 aromatic rings. The van der Waals surface area contributed by atoms with E-state index >= 15 is 0 Å². The van der Waals surface area contributed by atoms with Crippen molar-refractivity contribution in [2.24, 2.45) is 4.99 Å². The van der Waals surface area contributed by atoms with Crippen LogP contribution in [-0.2, 0) is 20.6 Å². The van der Waals surface area contributed by atoms with Crippen LogP contribution < -0.4 is 10.6 Å². The first-order valence-corrected chi connectivity index (χ1v) is 9.24. The average molecular weight is 351 g/mol. The molecule has 0 aliphatic carbocycles. The summed E-state index contributed by atoms with van der Waals surface area (Å²) in [7, 11) is 0. The van der Waals surface area contributed by atoms with Crippen LogP contribution in [0.1, 0.15) is 31.9 Å². The van der Waals surface area contributed by atoms with Gasteiger partial charge in [0, 0.05) is 32.4 Å². The summed E-state index contributed by atoms with van der Waals surface area (Å²) in [6.07, 6.45) is 5.18. The molecule has 7 nitrogen and oxygen atoms in total. The number of hydrogen-bond acceptors (Lipinski definition) is 5. The lowest BCUT2D eigenvalue weighted by Crippen LogP contribution is -2.40. The van der Waals surface area contributed by atoms with Crippen molar-refractivity contribution in [3.63, 3.8) is 0 Å². The summed E-state index contributed by atoms with van der Waals surface area (Å²) in [6, 6.07) is 3.89. The number of guanidine groups is 1. The van der Waals surface area contributed by atoms with Gasteiger partial charge >= 0.3 is 0 Å². The smallest absolute Gasteiger partial charge is 0.191 e. The molecule has 0 bridgehead atoms. The average Bonchev–Trinajstić information content (AvgIpc) is 3.28. The van der Waals surface area contributed by atoms with Crippen LogP contribution in [0.4, 0.5) is 0 Å². The van der Waals surface area contributed by atoms with E-state index in [4.69, 9.17) is 18.6 Å². The van der Waals surface area contributed by atoms with Crippen molar-refractivity contribution >= 4 is 5.96 Å². The summed E-state index contributed by atoms with van der Waals surface area (Å²) in [5.74, 6) is 1.34. The van der Waals surface area contributed by atoms with Gasteiger partial charge in [-0.3, -0.25) is 4.99 Å². The minimum atomic E-state index is -0.442. The first kappa shape index (κ1) is 18.2. The number of aliphatic imine (C=N–C) groups is 1. The van der Waals surface area contributed by atoms with Gasteiger partial charge in [-0.15, -0.1) is 0 Å². The van der Waals surface area contributed by atoms with Gasteiger partial charge in [0.2, 0.25) is 0 Å². The molecule has 25 heavy (non-hydrogen) atoms. The van der Waals surface area contributed by atoms with Gasteiger partial charge in [0.15, 0.2) is 11.7 Å².